The first-order chi connectivity index (χ1) is 13.7. The standard InChI is InChI=1S/C24H36N2O2.2ClH/c27-23(13-19-25-15-5-1-2-6-16-25)21-9-11-22(12-10-21)24(28)14-20-26-17-7-3-4-8-18-26;;/h9-12H,1-8,13-20H2;2*1H. The molecule has 30 heavy (non-hydrogen) atoms. The van der Waals surface area contributed by atoms with Crippen molar-refractivity contribution >= 4 is 36.4 Å². The Morgan fingerprint density at radius 1 is 0.567 bits per heavy atom. The molecule has 2 heterocycles. The summed E-state index contributed by atoms with van der Waals surface area (Å²) < 4.78 is 0. The van der Waals surface area contributed by atoms with Crippen LogP contribution in [-0.4, -0.2) is 60.6 Å². The molecule has 0 aliphatic carbocycles. The predicted molar refractivity (Wildman–Crippen MR) is 129 cm³/mol. The molecule has 0 radical (unpaired) electrons. The smallest absolute Gasteiger partial charge is 0.164 e. The minimum atomic E-state index is 0. The van der Waals surface area contributed by atoms with Gasteiger partial charge in [0.2, 0.25) is 0 Å². The second-order valence-electron chi connectivity index (χ2n) is 8.44. The molecule has 0 atom stereocenters. The maximum atomic E-state index is 12.5. The summed E-state index contributed by atoms with van der Waals surface area (Å²) in [5.41, 5.74) is 1.47. The van der Waals surface area contributed by atoms with Crippen LogP contribution in [-0.2, 0) is 0 Å². The lowest BCUT2D eigenvalue weighted by molar-refractivity contribution is 0.0953. The van der Waals surface area contributed by atoms with Gasteiger partial charge in [-0.1, -0.05) is 49.9 Å². The monoisotopic (exact) mass is 456 g/mol. The maximum Gasteiger partial charge on any atom is 0.164 e. The number of hydrogen-bond acceptors (Lipinski definition) is 4. The summed E-state index contributed by atoms with van der Waals surface area (Å²) in [5, 5.41) is 0. The van der Waals surface area contributed by atoms with Crippen molar-refractivity contribution in [3.05, 3.63) is 35.4 Å². The van der Waals surface area contributed by atoms with E-state index in [0.29, 0.717) is 12.8 Å². The summed E-state index contributed by atoms with van der Waals surface area (Å²) in [4.78, 5) is 29.8. The number of nitrogens with zero attached hydrogens (tertiary/aromatic N) is 2. The topological polar surface area (TPSA) is 40.6 Å². The lowest BCUT2D eigenvalue weighted by Gasteiger charge is -2.19. The highest BCUT2D eigenvalue weighted by molar-refractivity contribution is 5.99. The van der Waals surface area contributed by atoms with Gasteiger partial charge in [0.25, 0.3) is 0 Å². The third-order valence-corrected chi connectivity index (χ3v) is 6.24. The molecule has 0 bridgehead atoms. The second kappa shape index (κ2) is 15.0. The molecule has 0 spiro atoms. The Kier molecular flexibility index (Phi) is 13.5. The van der Waals surface area contributed by atoms with Crippen molar-refractivity contribution in [3.63, 3.8) is 0 Å². The van der Waals surface area contributed by atoms with Crippen molar-refractivity contribution in [2.45, 2.75) is 64.2 Å². The summed E-state index contributed by atoms with van der Waals surface area (Å²) in [6.07, 6.45) is 11.4. The molecule has 6 heteroatoms. The Morgan fingerprint density at radius 2 is 0.867 bits per heavy atom. The van der Waals surface area contributed by atoms with Gasteiger partial charge in [-0.3, -0.25) is 9.59 Å². The van der Waals surface area contributed by atoms with Gasteiger partial charge in [-0.2, -0.15) is 0 Å². The first-order valence-electron chi connectivity index (χ1n) is 11.3. The SMILES string of the molecule is Cl.Cl.O=C(CCN1CCCCCC1)c1ccc(C(=O)CCN2CCCCCC2)cc1. The lowest BCUT2D eigenvalue weighted by atomic mass is 10.0. The van der Waals surface area contributed by atoms with Crippen LogP contribution < -0.4 is 0 Å². The fourth-order valence-corrected chi connectivity index (χ4v) is 4.37. The molecule has 4 nitrogen and oxygen atoms in total. The van der Waals surface area contributed by atoms with Crippen LogP contribution in [0.1, 0.15) is 84.9 Å². The number of benzene rings is 1. The molecule has 1 aromatic rings. The third kappa shape index (κ3) is 9.05. The Hall–Kier alpha value is -0.940. The molecule has 3 rings (SSSR count). The van der Waals surface area contributed by atoms with Gasteiger partial charge in [-0.05, 0) is 51.9 Å². The average Bonchev–Trinajstić information content (AvgIpc) is 3.15. The van der Waals surface area contributed by atoms with E-state index < -0.39 is 0 Å². The lowest BCUT2D eigenvalue weighted by Crippen LogP contribution is -2.27. The number of carbonyl (C=O) groups is 2. The van der Waals surface area contributed by atoms with Crippen LogP contribution in [0.3, 0.4) is 0 Å². The summed E-state index contributed by atoms with van der Waals surface area (Å²) in [6, 6.07) is 7.35. The molecule has 2 aliphatic heterocycles. The van der Waals surface area contributed by atoms with Crippen LogP contribution in [0, 0.1) is 0 Å². The maximum absolute atomic E-state index is 12.5. The van der Waals surface area contributed by atoms with Crippen molar-refractivity contribution in [3.8, 4) is 0 Å². The van der Waals surface area contributed by atoms with Gasteiger partial charge in [0.1, 0.15) is 0 Å². The molecule has 2 fully saturated rings. The Bertz CT molecular complexity index is 566. The highest BCUT2D eigenvalue weighted by Gasteiger charge is 2.14. The minimum absolute atomic E-state index is 0. The number of rotatable bonds is 8. The second-order valence-corrected chi connectivity index (χ2v) is 8.44. The molecule has 0 N–H and O–H groups in total. The fourth-order valence-electron chi connectivity index (χ4n) is 4.37. The van der Waals surface area contributed by atoms with Gasteiger partial charge in [0, 0.05) is 37.1 Å². The number of ketones is 2. The quantitative estimate of drug-likeness (QED) is 0.489. The zero-order chi connectivity index (χ0) is 19.6. The number of Topliss-reactive ketones (excluding diaryl/α,β-unsaturated/α-hetero) is 2. The van der Waals surface area contributed by atoms with Crippen molar-refractivity contribution in [2.24, 2.45) is 0 Å². The van der Waals surface area contributed by atoms with Crippen LogP contribution >= 0.6 is 24.8 Å². The molecule has 0 saturated carbocycles. The Labute approximate surface area is 194 Å². The summed E-state index contributed by atoms with van der Waals surface area (Å²) in [7, 11) is 0. The Morgan fingerprint density at radius 3 is 1.17 bits per heavy atom. The highest BCUT2D eigenvalue weighted by Crippen LogP contribution is 2.14. The van der Waals surface area contributed by atoms with Gasteiger partial charge in [-0.25, -0.2) is 0 Å². The van der Waals surface area contributed by atoms with Crippen LogP contribution in [0.15, 0.2) is 24.3 Å². The van der Waals surface area contributed by atoms with Crippen LogP contribution in [0.25, 0.3) is 0 Å². The van der Waals surface area contributed by atoms with Crippen molar-refractivity contribution < 1.29 is 9.59 Å². The summed E-state index contributed by atoms with van der Waals surface area (Å²) >= 11 is 0. The number of carbonyl (C=O) groups excluding carboxylic acids is 2. The van der Waals surface area contributed by atoms with Crippen LogP contribution in [0.5, 0.6) is 0 Å². The summed E-state index contributed by atoms with van der Waals surface area (Å²) in [5.74, 6) is 0.376. The number of halogens is 2. The molecule has 0 amide bonds. The van der Waals surface area contributed by atoms with Gasteiger partial charge >= 0.3 is 0 Å². The van der Waals surface area contributed by atoms with Crippen molar-refractivity contribution in [1.29, 1.82) is 0 Å². The molecule has 0 unspecified atom stereocenters. The van der Waals surface area contributed by atoms with Gasteiger partial charge in [0.15, 0.2) is 11.6 Å². The molecular formula is C24H38Cl2N2O2. The fraction of sp³-hybridized carbons (Fsp3) is 0.667. The van der Waals surface area contributed by atoms with Crippen LogP contribution in [0.4, 0.5) is 0 Å². The summed E-state index contributed by atoms with van der Waals surface area (Å²) in [6.45, 7) is 6.20. The molecular weight excluding hydrogens is 419 g/mol. The van der Waals surface area contributed by atoms with Gasteiger partial charge < -0.3 is 9.80 Å². The number of likely N-dealkylation sites (tertiary alicyclic amines) is 2. The first kappa shape index (κ1) is 27.1. The minimum Gasteiger partial charge on any atom is -0.303 e. The molecule has 0 aromatic heterocycles. The van der Waals surface area contributed by atoms with E-state index in [1.165, 1.54) is 51.4 Å². The molecule has 2 aliphatic rings. The third-order valence-electron chi connectivity index (χ3n) is 6.24. The van der Waals surface area contributed by atoms with E-state index in [1.54, 1.807) is 0 Å². The van der Waals surface area contributed by atoms with E-state index in [1.807, 2.05) is 24.3 Å². The highest BCUT2D eigenvalue weighted by atomic mass is 35.5. The normalized spacial score (nSPS) is 18.4. The van der Waals surface area contributed by atoms with Gasteiger partial charge in [0.05, 0.1) is 0 Å². The van der Waals surface area contributed by atoms with E-state index in [0.717, 1.165) is 50.4 Å². The first-order valence-corrected chi connectivity index (χ1v) is 11.3. The molecule has 2 saturated heterocycles. The van der Waals surface area contributed by atoms with E-state index >= 15 is 0 Å². The zero-order valence-corrected chi connectivity index (χ0v) is 19.8. The largest absolute Gasteiger partial charge is 0.303 e. The predicted octanol–water partition coefficient (Wildman–Crippen LogP) is 5.43. The van der Waals surface area contributed by atoms with E-state index in [-0.39, 0.29) is 36.4 Å². The average molecular weight is 457 g/mol. The van der Waals surface area contributed by atoms with E-state index in [9.17, 15) is 9.59 Å². The van der Waals surface area contributed by atoms with E-state index in [2.05, 4.69) is 9.80 Å². The molecule has 170 valence electrons. The van der Waals surface area contributed by atoms with Crippen molar-refractivity contribution in [2.75, 3.05) is 39.3 Å². The zero-order valence-electron chi connectivity index (χ0n) is 18.2. The Balaban J connectivity index is 0.00000225. The van der Waals surface area contributed by atoms with Crippen molar-refractivity contribution in [1.82, 2.24) is 9.80 Å². The molecule has 1 aromatic carbocycles. The van der Waals surface area contributed by atoms with E-state index in [4.69, 9.17) is 0 Å². The van der Waals surface area contributed by atoms with Gasteiger partial charge in [-0.15, -0.1) is 24.8 Å². The number of hydrogen-bond donors (Lipinski definition) is 0. The van der Waals surface area contributed by atoms with Crippen LogP contribution in [0.2, 0.25) is 0 Å².